The van der Waals surface area contributed by atoms with E-state index in [4.69, 9.17) is 9.47 Å². The van der Waals surface area contributed by atoms with Crippen LogP contribution in [0.15, 0.2) is 23.2 Å². The van der Waals surface area contributed by atoms with Crippen LogP contribution in [0.4, 0.5) is 4.39 Å². The van der Waals surface area contributed by atoms with E-state index in [1.165, 1.54) is 6.07 Å². The standard InChI is InChI=1S/C16H24FN3O2.HI/c1-3-21-15-7-6-12(9-14(15)17)10-19-16(18-2)20-11-13-5-4-8-22-13;/h6-7,9,13H,3-5,8,10-11H2,1-2H3,(H2,18,19,20);1H. The van der Waals surface area contributed by atoms with Gasteiger partial charge in [-0.2, -0.15) is 0 Å². The zero-order valence-electron chi connectivity index (χ0n) is 13.6. The van der Waals surface area contributed by atoms with Crippen LogP contribution in [-0.4, -0.2) is 38.9 Å². The Morgan fingerprint density at radius 3 is 2.87 bits per heavy atom. The van der Waals surface area contributed by atoms with E-state index in [0.717, 1.165) is 31.6 Å². The van der Waals surface area contributed by atoms with Crippen molar-refractivity contribution >= 4 is 29.9 Å². The molecular weight excluding hydrogens is 412 g/mol. The van der Waals surface area contributed by atoms with Gasteiger partial charge in [-0.15, -0.1) is 24.0 Å². The largest absolute Gasteiger partial charge is 0.491 e. The molecule has 7 heteroatoms. The molecule has 0 amide bonds. The smallest absolute Gasteiger partial charge is 0.191 e. The van der Waals surface area contributed by atoms with Crippen molar-refractivity contribution in [3.63, 3.8) is 0 Å². The SMILES string of the molecule is CCOc1ccc(CNC(=NC)NCC2CCCO2)cc1F.I. The first-order valence-corrected chi connectivity index (χ1v) is 7.70. The lowest BCUT2D eigenvalue weighted by molar-refractivity contribution is 0.114. The zero-order chi connectivity index (χ0) is 15.8. The summed E-state index contributed by atoms with van der Waals surface area (Å²) in [7, 11) is 1.71. The molecule has 0 saturated carbocycles. The molecule has 0 radical (unpaired) electrons. The minimum absolute atomic E-state index is 0. The molecule has 0 bridgehead atoms. The number of rotatable bonds is 6. The minimum atomic E-state index is -0.344. The first kappa shape index (κ1) is 20.0. The van der Waals surface area contributed by atoms with Crippen LogP contribution in [0, 0.1) is 5.82 Å². The molecule has 2 rings (SSSR count). The van der Waals surface area contributed by atoms with E-state index in [-0.39, 0.29) is 41.6 Å². The summed E-state index contributed by atoms with van der Waals surface area (Å²) in [6, 6.07) is 4.97. The number of aliphatic imine (C=N–C) groups is 1. The molecule has 0 aromatic heterocycles. The average Bonchev–Trinajstić information content (AvgIpc) is 3.03. The summed E-state index contributed by atoms with van der Waals surface area (Å²) in [5, 5.41) is 6.39. The lowest BCUT2D eigenvalue weighted by Crippen LogP contribution is -2.40. The molecule has 1 aromatic carbocycles. The van der Waals surface area contributed by atoms with Gasteiger partial charge in [0.05, 0.1) is 12.7 Å². The summed E-state index contributed by atoms with van der Waals surface area (Å²) in [4.78, 5) is 4.15. The van der Waals surface area contributed by atoms with E-state index in [2.05, 4.69) is 15.6 Å². The van der Waals surface area contributed by atoms with E-state index in [1.807, 2.05) is 13.0 Å². The topological polar surface area (TPSA) is 54.9 Å². The van der Waals surface area contributed by atoms with Gasteiger partial charge < -0.3 is 20.1 Å². The van der Waals surface area contributed by atoms with Crippen molar-refractivity contribution in [3.8, 4) is 5.75 Å². The predicted molar refractivity (Wildman–Crippen MR) is 100 cm³/mol. The van der Waals surface area contributed by atoms with E-state index in [9.17, 15) is 4.39 Å². The van der Waals surface area contributed by atoms with E-state index >= 15 is 0 Å². The summed E-state index contributed by atoms with van der Waals surface area (Å²) >= 11 is 0. The van der Waals surface area contributed by atoms with Crippen molar-refractivity contribution in [1.82, 2.24) is 10.6 Å². The third kappa shape index (κ3) is 6.50. The lowest BCUT2D eigenvalue weighted by atomic mass is 10.2. The fraction of sp³-hybridized carbons (Fsp3) is 0.562. The van der Waals surface area contributed by atoms with Gasteiger partial charge in [-0.1, -0.05) is 6.07 Å². The molecular formula is C16H25FIN3O2. The van der Waals surface area contributed by atoms with E-state index in [1.54, 1.807) is 13.1 Å². The predicted octanol–water partition coefficient (Wildman–Crippen LogP) is 2.69. The van der Waals surface area contributed by atoms with Crippen LogP contribution < -0.4 is 15.4 Å². The van der Waals surface area contributed by atoms with Crippen LogP contribution in [0.3, 0.4) is 0 Å². The number of hydrogen-bond acceptors (Lipinski definition) is 3. The molecule has 1 aliphatic rings. The lowest BCUT2D eigenvalue weighted by Gasteiger charge is -2.15. The molecule has 5 nitrogen and oxygen atoms in total. The third-order valence-electron chi connectivity index (χ3n) is 3.50. The van der Waals surface area contributed by atoms with Gasteiger partial charge in [0.25, 0.3) is 0 Å². The highest BCUT2D eigenvalue weighted by Gasteiger charge is 2.15. The van der Waals surface area contributed by atoms with Crippen LogP contribution in [0.1, 0.15) is 25.3 Å². The number of halogens is 2. The Balaban J connectivity index is 0.00000264. The highest BCUT2D eigenvalue weighted by Crippen LogP contribution is 2.18. The zero-order valence-corrected chi connectivity index (χ0v) is 15.9. The number of nitrogens with one attached hydrogen (secondary N) is 2. The molecule has 23 heavy (non-hydrogen) atoms. The Morgan fingerprint density at radius 1 is 1.43 bits per heavy atom. The van der Waals surface area contributed by atoms with E-state index in [0.29, 0.717) is 19.1 Å². The number of hydrogen-bond donors (Lipinski definition) is 2. The van der Waals surface area contributed by atoms with Crippen molar-refractivity contribution in [2.75, 3.05) is 26.8 Å². The normalized spacial score (nSPS) is 17.5. The number of ether oxygens (including phenoxy) is 2. The van der Waals surface area contributed by atoms with Gasteiger partial charge in [-0.3, -0.25) is 4.99 Å². The summed E-state index contributed by atoms with van der Waals surface area (Å²) < 4.78 is 24.5. The highest BCUT2D eigenvalue weighted by atomic mass is 127. The monoisotopic (exact) mass is 437 g/mol. The van der Waals surface area contributed by atoms with Gasteiger partial charge in [0, 0.05) is 26.7 Å². The summed E-state index contributed by atoms with van der Waals surface area (Å²) in [6.07, 6.45) is 2.44. The Kier molecular flexibility index (Phi) is 9.23. The first-order valence-electron chi connectivity index (χ1n) is 7.70. The maximum absolute atomic E-state index is 13.8. The van der Waals surface area contributed by atoms with Gasteiger partial charge >= 0.3 is 0 Å². The van der Waals surface area contributed by atoms with Crippen molar-refractivity contribution in [1.29, 1.82) is 0 Å². The molecule has 0 spiro atoms. The number of benzene rings is 1. The molecule has 1 aromatic rings. The number of nitrogens with zero attached hydrogens (tertiary/aromatic N) is 1. The third-order valence-corrected chi connectivity index (χ3v) is 3.50. The van der Waals surface area contributed by atoms with Gasteiger partial charge in [0.15, 0.2) is 17.5 Å². The van der Waals surface area contributed by atoms with Gasteiger partial charge in [0.1, 0.15) is 0 Å². The molecule has 1 atom stereocenters. The second kappa shape index (κ2) is 10.6. The first-order chi connectivity index (χ1) is 10.7. The van der Waals surface area contributed by atoms with Crippen LogP contribution in [0.2, 0.25) is 0 Å². The quantitative estimate of drug-likeness (QED) is 0.408. The molecule has 1 aliphatic heterocycles. The molecule has 130 valence electrons. The second-order valence-electron chi connectivity index (χ2n) is 5.14. The summed E-state index contributed by atoms with van der Waals surface area (Å²) in [5.41, 5.74) is 0.834. The number of guanidine groups is 1. The maximum atomic E-state index is 13.8. The van der Waals surface area contributed by atoms with Gasteiger partial charge in [0.2, 0.25) is 0 Å². The van der Waals surface area contributed by atoms with Crippen molar-refractivity contribution in [3.05, 3.63) is 29.6 Å². The highest BCUT2D eigenvalue weighted by molar-refractivity contribution is 14.0. The minimum Gasteiger partial charge on any atom is -0.491 e. The van der Waals surface area contributed by atoms with Crippen LogP contribution >= 0.6 is 24.0 Å². The van der Waals surface area contributed by atoms with Crippen molar-refractivity contribution in [2.24, 2.45) is 4.99 Å². The van der Waals surface area contributed by atoms with Crippen molar-refractivity contribution in [2.45, 2.75) is 32.4 Å². The summed E-state index contributed by atoms with van der Waals surface area (Å²) in [5.74, 6) is 0.625. The van der Waals surface area contributed by atoms with Gasteiger partial charge in [-0.05, 0) is 37.5 Å². The average molecular weight is 437 g/mol. The molecule has 1 saturated heterocycles. The second-order valence-corrected chi connectivity index (χ2v) is 5.14. The van der Waals surface area contributed by atoms with Gasteiger partial charge in [-0.25, -0.2) is 4.39 Å². The molecule has 0 aliphatic carbocycles. The fourth-order valence-corrected chi connectivity index (χ4v) is 2.35. The van der Waals surface area contributed by atoms with Crippen LogP contribution in [0.5, 0.6) is 5.75 Å². The fourth-order valence-electron chi connectivity index (χ4n) is 2.35. The van der Waals surface area contributed by atoms with Crippen LogP contribution in [0.25, 0.3) is 0 Å². The van der Waals surface area contributed by atoms with Crippen molar-refractivity contribution < 1.29 is 13.9 Å². The molecule has 1 heterocycles. The molecule has 2 N–H and O–H groups in total. The Morgan fingerprint density at radius 2 is 2.26 bits per heavy atom. The Labute approximate surface area is 154 Å². The Hall–Kier alpha value is -1.09. The van der Waals surface area contributed by atoms with E-state index < -0.39 is 0 Å². The maximum Gasteiger partial charge on any atom is 0.191 e. The molecule has 1 fully saturated rings. The van der Waals surface area contributed by atoms with Crippen LogP contribution in [-0.2, 0) is 11.3 Å². The summed E-state index contributed by atoms with van der Waals surface area (Å²) in [6.45, 7) is 4.35. The molecule has 1 unspecified atom stereocenters. The Bertz CT molecular complexity index is 508.